The number of nitrogens with one attached hydrogen (secondary N) is 1. The van der Waals surface area contributed by atoms with E-state index >= 15 is 0 Å². The molecule has 2 aromatic rings. The highest BCUT2D eigenvalue weighted by atomic mass is 15.2. The molecule has 14 heavy (non-hydrogen) atoms. The highest BCUT2D eigenvalue weighted by molar-refractivity contribution is 5.61. The quantitative estimate of drug-likeness (QED) is 0.777. The molecular weight excluding hydrogens is 176 g/mol. The molecule has 4 heteroatoms. The van der Waals surface area contributed by atoms with Crippen LogP contribution in [0.2, 0.25) is 0 Å². The summed E-state index contributed by atoms with van der Waals surface area (Å²) >= 11 is 0. The van der Waals surface area contributed by atoms with Crippen molar-refractivity contribution in [1.29, 1.82) is 0 Å². The topological polar surface area (TPSA) is 42.7 Å². The van der Waals surface area contributed by atoms with Gasteiger partial charge in [-0.15, -0.1) is 0 Å². The maximum Gasteiger partial charge on any atom is 0.125 e. The lowest BCUT2D eigenvalue weighted by atomic mass is 10.2. The molecule has 0 aromatic carbocycles. The molecule has 0 radical (unpaired) electrons. The molecule has 0 amide bonds. The lowest BCUT2D eigenvalue weighted by Gasteiger charge is -1.99. The second-order valence-corrected chi connectivity index (χ2v) is 3.08. The van der Waals surface area contributed by atoms with Crippen molar-refractivity contribution in [2.75, 3.05) is 12.4 Å². The number of rotatable bonds is 2. The minimum absolute atomic E-state index is 0.873. The number of pyridine rings is 1. The monoisotopic (exact) mass is 188 g/mol. The van der Waals surface area contributed by atoms with Crippen molar-refractivity contribution < 1.29 is 0 Å². The van der Waals surface area contributed by atoms with Gasteiger partial charge in [-0.3, -0.25) is 4.68 Å². The van der Waals surface area contributed by atoms with Gasteiger partial charge in [0.05, 0.1) is 6.20 Å². The Labute approximate surface area is 82.6 Å². The molecule has 4 nitrogen and oxygen atoms in total. The Kier molecular flexibility index (Phi) is 2.18. The minimum atomic E-state index is 0.873. The second kappa shape index (κ2) is 3.49. The minimum Gasteiger partial charge on any atom is -0.373 e. The SMILES string of the molecule is CNc1ccc(-c2cnn(C)c2)cn1. The van der Waals surface area contributed by atoms with Gasteiger partial charge in [0.1, 0.15) is 5.82 Å². The first-order valence-corrected chi connectivity index (χ1v) is 4.42. The van der Waals surface area contributed by atoms with Crippen LogP contribution in [0, 0.1) is 0 Å². The Morgan fingerprint density at radius 3 is 2.57 bits per heavy atom. The summed E-state index contributed by atoms with van der Waals surface area (Å²) in [5.74, 6) is 0.873. The first-order chi connectivity index (χ1) is 6.79. The zero-order valence-electron chi connectivity index (χ0n) is 8.23. The van der Waals surface area contributed by atoms with Crippen molar-refractivity contribution in [3.63, 3.8) is 0 Å². The van der Waals surface area contributed by atoms with Gasteiger partial charge in [-0.25, -0.2) is 4.98 Å². The van der Waals surface area contributed by atoms with Crippen LogP contribution in [0.25, 0.3) is 11.1 Å². The molecule has 0 atom stereocenters. The largest absolute Gasteiger partial charge is 0.373 e. The average molecular weight is 188 g/mol. The van der Waals surface area contributed by atoms with Crippen LogP contribution in [-0.2, 0) is 7.05 Å². The normalized spacial score (nSPS) is 10.1. The highest BCUT2D eigenvalue weighted by Gasteiger charge is 2.00. The van der Waals surface area contributed by atoms with Crippen molar-refractivity contribution >= 4 is 5.82 Å². The van der Waals surface area contributed by atoms with Crippen LogP contribution in [-0.4, -0.2) is 21.8 Å². The van der Waals surface area contributed by atoms with Crippen LogP contribution >= 0.6 is 0 Å². The smallest absolute Gasteiger partial charge is 0.125 e. The van der Waals surface area contributed by atoms with Crippen LogP contribution in [0.3, 0.4) is 0 Å². The van der Waals surface area contributed by atoms with Gasteiger partial charge in [-0.05, 0) is 12.1 Å². The summed E-state index contributed by atoms with van der Waals surface area (Å²) in [6.07, 6.45) is 5.63. The molecule has 2 aromatic heterocycles. The number of hydrogen-bond acceptors (Lipinski definition) is 3. The number of aryl methyl sites for hydroxylation is 1. The van der Waals surface area contributed by atoms with E-state index in [4.69, 9.17) is 0 Å². The van der Waals surface area contributed by atoms with Gasteiger partial charge in [0.25, 0.3) is 0 Å². The summed E-state index contributed by atoms with van der Waals surface area (Å²) in [5.41, 5.74) is 2.17. The lowest BCUT2D eigenvalue weighted by molar-refractivity contribution is 0.768. The van der Waals surface area contributed by atoms with Gasteiger partial charge in [0, 0.05) is 37.6 Å². The van der Waals surface area contributed by atoms with E-state index in [1.807, 2.05) is 44.8 Å². The zero-order valence-corrected chi connectivity index (χ0v) is 8.23. The molecule has 0 saturated heterocycles. The number of aromatic nitrogens is 3. The van der Waals surface area contributed by atoms with E-state index in [0.29, 0.717) is 0 Å². The van der Waals surface area contributed by atoms with E-state index in [-0.39, 0.29) is 0 Å². The fourth-order valence-corrected chi connectivity index (χ4v) is 1.28. The zero-order chi connectivity index (χ0) is 9.97. The third-order valence-corrected chi connectivity index (χ3v) is 2.06. The number of nitrogens with zero attached hydrogens (tertiary/aromatic N) is 3. The highest BCUT2D eigenvalue weighted by Crippen LogP contribution is 2.17. The predicted molar refractivity (Wildman–Crippen MR) is 56.0 cm³/mol. The van der Waals surface area contributed by atoms with E-state index in [1.54, 1.807) is 4.68 Å². The van der Waals surface area contributed by atoms with E-state index in [0.717, 1.165) is 16.9 Å². The summed E-state index contributed by atoms with van der Waals surface area (Å²) in [6, 6.07) is 3.97. The maximum absolute atomic E-state index is 4.23. The Balaban J connectivity index is 2.33. The fraction of sp³-hybridized carbons (Fsp3) is 0.200. The van der Waals surface area contributed by atoms with Crippen LogP contribution in [0.5, 0.6) is 0 Å². The number of hydrogen-bond donors (Lipinski definition) is 1. The molecule has 72 valence electrons. The molecule has 0 unspecified atom stereocenters. The summed E-state index contributed by atoms with van der Waals surface area (Å²) in [5, 5.41) is 7.09. The van der Waals surface area contributed by atoms with E-state index in [9.17, 15) is 0 Å². The summed E-state index contributed by atoms with van der Waals surface area (Å²) < 4.78 is 1.78. The summed E-state index contributed by atoms with van der Waals surface area (Å²) in [4.78, 5) is 4.23. The Morgan fingerprint density at radius 1 is 1.21 bits per heavy atom. The molecule has 0 aliphatic carbocycles. The molecule has 0 saturated carbocycles. The Hall–Kier alpha value is -1.84. The van der Waals surface area contributed by atoms with Gasteiger partial charge < -0.3 is 5.32 Å². The third-order valence-electron chi connectivity index (χ3n) is 2.06. The van der Waals surface area contributed by atoms with Crippen LogP contribution in [0.4, 0.5) is 5.82 Å². The fourth-order valence-electron chi connectivity index (χ4n) is 1.28. The van der Waals surface area contributed by atoms with Crippen molar-refractivity contribution in [3.05, 3.63) is 30.7 Å². The van der Waals surface area contributed by atoms with Crippen molar-refractivity contribution in [2.24, 2.45) is 7.05 Å². The van der Waals surface area contributed by atoms with Gasteiger partial charge in [0.2, 0.25) is 0 Å². The van der Waals surface area contributed by atoms with Crippen LogP contribution in [0.1, 0.15) is 0 Å². The second-order valence-electron chi connectivity index (χ2n) is 3.08. The summed E-state index contributed by atoms with van der Waals surface area (Å²) in [7, 11) is 3.75. The maximum atomic E-state index is 4.23. The molecule has 0 aliphatic heterocycles. The van der Waals surface area contributed by atoms with E-state index in [2.05, 4.69) is 15.4 Å². The molecule has 1 N–H and O–H groups in total. The van der Waals surface area contributed by atoms with Gasteiger partial charge in [-0.1, -0.05) is 0 Å². The van der Waals surface area contributed by atoms with Crippen molar-refractivity contribution in [1.82, 2.24) is 14.8 Å². The standard InChI is InChI=1S/C10H12N4/c1-11-10-4-3-8(5-12-10)9-6-13-14(2)7-9/h3-7H,1-2H3,(H,11,12). The Morgan fingerprint density at radius 2 is 2.07 bits per heavy atom. The first-order valence-electron chi connectivity index (χ1n) is 4.42. The van der Waals surface area contributed by atoms with Crippen LogP contribution in [0.15, 0.2) is 30.7 Å². The molecule has 0 aliphatic rings. The molecule has 0 spiro atoms. The molecule has 2 heterocycles. The molecular formula is C10H12N4. The van der Waals surface area contributed by atoms with Crippen molar-refractivity contribution in [3.8, 4) is 11.1 Å². The van der Waals surface area contributed by atoms with Gasteiger partial charge in [-0.2, -0.15) is 5.10 Å². The Bertz CT molecular complexity index is 416. The van der Waals surface area contributed by atoms with Gasteiger partial charge >= 0.3 is 0 Å². The molecule has 2 rings (SSSR count). The predicted octanol–water partition coefficient (Wildman–Crippen LogP) is 1.52. The first kappa shape index (κ1) is 8.74. The molecule has 0 fully saturated rings. The third kappa shape index (κ3) is 1.59. The average Bonchev–Trinajstić information content (AvgIpc) is 2.65. The molecule has 0 bridgehead atoms. The van der Waals surface area contributed by atoms with Crippen LogP contribution < -0.4 is 5.32 Å². The summed E-state index contributed by atoms with van der Waals surface area (Å²) in [6.45, 7) is 0. The van der Waals surface area contributed by atoms with E-state index < -0.39 is 0 Å². The lowest BCUT2D eigenvalue weighted by Crippen LogP contribution is -1.90. The van der Waals surface area contributed by atoms with Crippen molar-refractivity contribution in [2.45, 2.75) is 0 Å². The van der Waals surface area contributed by atoms with E-state index in [1.165, 1.54) is 0 Å². The number of anilines is 1. The van der Waals surface area contributed by atoms with Gasteiger partial charge in [0.15, 0.2) is 0 Å².